The number of nitrogens with one attached hydrogen (secondary N) is 2. The summed E-state index contributed by atoms with van der Waals surface area (Å²) < 4.78 is 28.2. The smallest absolute Gasteiger partial charge is 0.261 e. The van der Waals surface area contributed by atoms with Crippen LogP contribution in [0.25, 0.3) is 0 Å². The Bertz CT molecular complexity index is 728. The van der Waals surface area contributed by atoms with E-state index in [0.717, 1.165) is 22.3 Å². The molecule has 0 saturated heterocycles. The number of benzene rings is 2. The molecule has 2 aromatic carbocycles. The first kappa shape index (κ1) is 15.9. The Kier molecular flexibility index (Phi) is 4.90. The van der Waals surface area contributed by atoms with Gasteiger partial charge < -0.3 is 5.32 Å². The van der Waals surface area contributed by atoms with Gasteiger partial charge in [0.2, 0.25) is 0 Å². The summed E-state index contributed by atoms with van der Waals surface area (Å²) in [4.78, 5) is 0.239. The summed E-state index contributed by atoms with van der Waals surface area (Å²) in [6.45, 7) is 4.64. The highest BCUT2D eigenvalue weighted by Gasteiger charge is 2.15. The van der Waals surface area contributed by atoms with Gasteiger partial charge in [-0.3, -0.25) is 4.72 Å². The molecule has 0 unspecified atom stereocenters. The number of aryl methyl sites for hydroxylation is 1. The van der Waals surface area contributed by atoms with Crippen molar-refractivity contribution in [1.82, 2.24) is 0 Å². The van der Waals surface area contributed by atoms with Crippen LogP contribution in [-0.2, 0) is 10.0 Å². The summed E-state index contributed by atoms with van der Waals surface area (Å²) in [5, 5.41) is 3.13. The van der Waals surface area contributed by atoms with Crippen molar-refractivity contribution in [1.29, 1.82) is 0 Å². The van der Waals surface area contributed by atoms with Gasteiger partial charge in [-0.15, -0.1) is 0 Å². The largest absolute Gasteiger partial charge is 0.385 e. The standard InChI is InChI=1S/C15H17BrN2O2S/c1-3-17-13-6-8-14(9-7-13)21(19,20)18-15-10-12(16)5-4-11(15)2/h4-10,17-18H,3H2,1-2H3. The molecule has 0 atom stereocenters. The molecule has 112 valence electrons. The zero-order chi connectivity index (χ0) is 15.5. The number of anilines is 2. The van der Waals surface area contributed by atoms with Gasteiger partial charge in [-0.05, 0) is 55.8 Å². The third-order valence-electron chi connectivity index (χ3n) is 2.99. The Labute approximate surface area is 133 Å². The molecule has 0 heterocycles. The molecule has 0 aromatic heterocycles. The molecule has 0 bridgehead atoms. The van der Waals surface area contributed by atoms with Crippen molar-refractivity contribution in [3.05, 3.63) is 52.5 Å². The molecule has 0 saturated carbocycles. The van der Waals surface area contributed by atoms with Crippen LogP contribution in [0, 0.1) is 6.92 Å². The van der Waals surface area contributed by atoms with Gasteiger partial charge in [0.05, 0.1) is 10.6 Å². The van der Waals surface area contributed by atoms with Crippen molar-refractivity contribution in [3.8, 4) is 0 Å². The zero-order valence-electron chi connectivity index (χ0n) is 11.9. The maximum Gasteiger partial charge on any atom is 0.261 e. The molecular weight excluding hydrogens is 352 g/mol. The van der Waals surface area contributed by atoms with Crippen LogP contribution >= 0.6 is 15.9 Å². The van der Waals surface area contributed by atoms with Crippen molar-refractivity contribution < 1.29 is 8.42 Å². The number of sulfonamides is 1. The Morgan fingerprint density at radius 1 is 1.10 bits per heavy atom. The highest BCUT2D eigenvalue weighted by Crippen LogP contribution is 2.24. The highest BCUT2D eigenvalue weighted by molar-refractivity contribution is 9.10. The molecule has 6 heteroatoms. The third kappa shape index (κ3) is 3.98. The van der Waals surface area contributed by atoms with Crippen LogP contribution in [0.4, 0.5) is 11.4 Å². The van der Waals surface area contributed by atoms with Gasteiger partial charge in [-0.1, -0.05) is 22.0 Å². The van der Waals surface area contributed by atoms with Crippen LogP contribution in [0.15, 0.2) is 51.8 Å². The lowest BCUT2D eigenvalue weighted by atomic mass is 10.2. The summed E-state index contributed by atoms with van der Waals surface area (Å²) in [5.41, 5.74) is 2.33. The average molecular weight is 369 g/mol. The van der Waals surface area contributed by atoms with Gasteiger partial charge in [-0.2, -0.15) is 0 Å². The van der Waals surface area contributed by atoms with Crippen LogP contribution < -0.4 is 10.0 Å². The first-order valence-corrected chi connectivity index (χ1v) is 8.83. The van der Waals surface area contributed by atoms with E-state index >= 15 is 0 Å². The molecule has 2 rings (SSSR count). The molecule has 2 aromatic rings. The second kappa shape index (κ2) is 6.49. The number of hydrogen-bond acceptors (Lipinski definition) is 3. The predicted octanol–water partition coefficient (Wildman–Crippen LogP) is 3.99. The van der Waals surface area contributed by atoms with Gasteiger partial charge in [0.1, 0.15) is 0 Å². The van der Waals surface area contributed by atoms with Crippen LogP contribution in [0.5, 0.6) is 0 Å². The molecule has 0 aliphatic carbocycles. The fraction of sp³-hybridized carbons (Fsp3) is 0.200. The van der Waals surface area contributed by atoms with Gasteiger partial charge >= 0.3 is 0 Å². The summed E-state index contributed by atoms with van der Waals surface area (Å²) >= 11 is 3.34. The van der Waals surface area contributed by atoms with Crippen LogP contribution in [0.3, 0.4) is 0 Å². The first-order chi connectivity index (χ1) is 9.92. The predicted molar refractivity (Wildman–Crippen MR) is 90.3 cm³/mol. The van der Waals surface area contributed by atoms with E-state index in [1.807, 2.05) is 26.0 Å². The van der Waals surface area contributed by atoms with Crippen LogP contribution in [0.2, 0.25) is 0 Å². The lowest BCUT2D eigenvalue weighted by molar-refractivity contribution is 0.601. The molecular formula is C15H17BrN2O2S. The minimum Gasteiger partial charge on any atom is -0.385 e. The van der Waals surface area contributed by atoms with Crippen LogP contribution in [-0.4, -0.2) is 15.0 Å². The first-order valence-electron chi connectivity index (χ1n) is 6.55. The van der Waals surface area contributed by atoms with Crippen molar-refractivity contribution in [2.75, 3.05) is 16.6 Å². The Morgan fingerprint density at radius 2 is 1.76 bits per heavy atom. The van der Waals surface area contributed by atoms with Gasteiger partial charge in [0.25, 0.3) is 10.0 Å². The van der Waals surface area contributed by atoms with E-state index in [4.69, 9.17) is 0 Å². The normalized spacial score (nSPS) is 11.2. The van der Waals surface area contributed by atoms with Gasteiger partial charge in [0, 0.05) is 16.7 Å². The van der Waals surface area contributed by atoms with E-state index in [1.165, 1.54) is 0 Å². The van der Waals surface area contributed by atoms with E-state index in [9.17, 15) is 8.42 Å². The lowest BCUT2D eigenvalue weighted by Gasteiger charge is -2.11. The van der Waals surface area contributed by atoms with Crippen LogP contribution in [0.1, 0.15) is 12.5 Å². The van der Waals surface area contributed by atoms with Gasteiger partial charge in [0.15, 0.2) is 0 Å². The monoisotopic (exact) mass is 368 g/mol. The second-order valence-corrected chi connectivity index (χ2v) is 7.22. The molecule has 0 aliphatic rings. The number of rotatable bonds is 5. The molecule has 0 fully saturated rings. The van der Waals surface area contributed by atoms with Crippen molar-refractivity contribution >= 4 is 37.3 Å². The van der Waals surface area contributed by atoms with Crippen molar-refractivity contribution in [3.63, 3.8) is 0 Å². The highest BCUT2D eigenvalue weighted by atomic mass is 79.9. The third-order valence-corrected chi connectivity index (χ3v) is 4.86. The Morgan fingerprint density at radius 3 is 2.38 bits per heavy atom. The molecule has 0 radical (unpaired) electrons. The fourth-order valence-electron chi connectivity index (χ4n) is 1.86. The molecule has 4 nitrogen and oxygen atoms in total. The minimum absolute atomic E-state index is 0.239. The summed E-state index contributed by atoms with van der Waals surface area (Å²) in [5.74, 6) is 0. The second-order valence-electron chi connectivity index (χ2n) is 4.62. The maximum atomic E-state index is 12.4. The lowest BCUT2D eigenvalue weighted by Crippen LogP contribution is -2.13. The SMILES string of the molecule is CCNc1ccc(S(=O)(=O)Nc2cc(Br)ccc2C)cc1. The summed E-state index contributed by atoms with van der Waals surface area (Å²) in [7, 11) is -3.58. The molecule has 0 amide bonds. The molecule has 21 heavy (non-hydrogen) atoms. The van der Waals surface area contributed by atoms with Crippen molar-refractivity contribution in [2.24, 2.45) is 0 Å². The number of hydrogen-bond donors (Lipinski definition) is 2. The molecule has 0 aliphatic heterocycles. The quantitative estimate of drug-likeness (QED) is 0.838. The van der Waals surface area contributed by atoms with Gasteiger partial charge in [-0.25, -0.2) is 8.42 Å². The molecule has 2 N–H and O–H groups in total. The van der Waals surface area contributed by atoms with E-state index in [0.29, 0.717) is 5.69 Å². The summed E-state index contributed by atoms with van der Waals surface area (Å²) in [6, 6.07) is 12.2. The zero-order valence-corrected chi connectivity index (χ0v) is 14.3. The Hall–Kier alpha value is -1.53. The Balaban J connectivity index is 2.27. The van der Waals surface area contributed by atoms with E-state index in [2.05, 4.69) is 26.0 Å². The topological polar surface area (TPSA) is 58.2 Å². The van der Waals surface area contributed by atoms with E-state index < -0.39 is 10.0 Å². The molecule has 0 spiro atoms. The summed E-state index contributed by atoms with van der Waals surface area (Å²) in [6.07, 6.45) is 0. The maximum absolute atomic E-state index is 12.4. The average Bonchev–Trinajstić information content (AvgIpc) is 2.44. The fourth-order valence-corrected chi connectivity index (χ4v) is 3.35. The van der Waals surface area contributed by atoms with Crippen molar-refractivity contribution in [2.45, 2.75) is 18.7 Å². The van der Waals surface area contributed by atoms with E-state index in [1.54, 1.807) is 30.3 Å². The number of halogens is 1. The van der Waals surface area contributed by atoms with E-state index in [-0.39, 0.29) is 4.90 Å². The minimum atomic E-state index is -3.58.